The van der Waals surface area contributed by atoms with Gasteiger partial charge in [0.25, 0.3) is 11.7 Å². The van der Waals surface area contributed by atoms with Gasteiger partial charge >= 0.3 is 0 Å². The summed E-state index contributed by atoms with van der Waals surface area (Å²) < 4.78 is 14.6. The first kappa shape index (κ1) is 21.1. The maximum atomic E-state index is 14.6. The minimum atomic E-state index is -0.454. The van der Waals surface area contributed by atoms with Crippen LogP contribution in [0.2, 0.25) is 0 Å². The summed E-state index contributed by atoms with van der Waals surface area (Å²) in [5.41, 5.74) is 2.92. The number of amides is 1. The van der Waals surface area contributed by atoms with Gasteiger partial charge in [-0.25, -0.2) is 4.39 Å². The molecule has 2 aromatic carbocycles. The number of benzene rings is 2. The van der Waals surface area contributed by atoms with Crippen molar-refractivity contribution in [3.8, 4) is 6.07 Å². The lowest BCUT2D eigenvalue weighted by Gasteiger charge is -2.32. The maximum absolute atomic E-state index is 14.6. The van der Waals surface area contributed by atoms with Crippen molar-refractivity contribution in [1.29, 1.82) is 5.26 Å². The Balaban J connectivity index is 1.31. The highest BCUT2D eigenvalue weighted by molar-refractivity contribution is 6.06. The van der Waals surface area contributed by atoms with Gasteiger partial charge in [0, 0.05) is 49.7 Å². The highest BCUT2D eigenvalue weighted by atomic mass is 19.1. The number of hydrogen-bond acceptors (Lipinski definition) is 6. The summed E-state index contributed by atoms with van der Waals surface area (Å²) in [5, 5.41) is 9.00. The number of likely N-dealkylation sites (N-methyl/N-ethyl adjacent to an activating group) is 1. The van der Waals surface area contributed by atoms with E-state index >= 15 is 0 Å². The van der Waals surface area contributed by atoms with Gasteiger partial charge < -0.3 is 9.80 Å². The number of anilines is 1. The van der Waals surface area contributed by atoms with Gasteiger partial charge in [-0.05, 0) is 49.5 Å². The number of amidine groups is 1. The average Bonchev–Trinajstić information content (AvgIpc) is 3.27. The number of nitriles is 1. The number of piperazine rings is 1. The van der Waals surface area contributed by atoms with Gasteiger partial charge in [-0.15, -0.1) is 0 Å². The van der Waals surface area contributed by atoms with E-state index in [4.69, 9.17) is 5.26 Å². The van der Waals surface area contributed by atoms with Crippen LogP contribution < -0.4 is 9.80 Å². The first-order valence-electron chi connectivity index (χ1n) is 10.8. The zero-order valence-electron chi connectivity index (χ0n) is 18.3. The molecule has 0 spiro atoms. The molecule has 8 heteroatoms. The fourth-order valence-corrected chi connectivity index (χ4v) is 4.19. The van der Waals surface area contributed by atoms with Crippen molar-refractivity contribution in [2.24, 2.45) is 4.99 Å². The van der Waals surface area contributed by atoms with E-state index in [2.05, 4.69) is 16.9 Å². The van der Waals surface area contributed by atoms with Crippen molar-refractivity contribution in [2.45, 2.75) is 0 Å². The van der Waals surface area contributed by atoms with Crippen molar-refractivity contribution in [2.75, 3.05) is 44.8 Å². The van der Waals surface area contributed by atoms with Crippen molar-refractivity contribution >= 4 is 23.1 Å². The maximum Gasteiger partial charge on any atom is 0.285 e. The molecule has 0 aromatic heterocycles. The highest BCUT2D eigenvalue weighted by Crippen LogP contribution is 2.29. The molecule has 1 amide bonds. The predicted octanol–water partition coefficient (Wildman–Crippen LogP) is 2.93. The monoisotopic (exact) mass is 442 g/mol. The second-order valence-corrected chi connectivity index (χ2v) is 8.31. The summed E-state index contributed by atoms with van der Waals surface area (Å²) in [7, 11) is 2.07. The van der Waals surface area contributed by atoms with E-state index in [1.54, 1.807) is 18.3 Å². The van der Waals surface area contributed by atoms with Gasteiger partial charge in [-0.1, -0.05) is 4.90 Å². The zero-order valence-corrected chi connectivity index (χ0v) is 18.3. The molecule has 1 radical (unpaired) electrons. The number of hydrogen-bond donors (Lipinski definition) is 0. The van der Waals surface area contributed by atoms with Crippen molar-refractivity contribution in [3.63, 3.8) is 0 Å². The molecule has 0 aliphatic carbocycles. The van der Waals surface area contributed by atoms with Crippen LogP contribution in [0, 0.1) is 17.1 Å². The molecule has 5 rings (SSSR count). The predicted molar refractivity (Wildman–Crippen MR) is 125 cm³/mol. The Hall–Kier alpha value is -3.80. The van der Waals surface area contributed by atoms with Crippen LogP contribution in [0.3, 0.4) is 0 Å². The molecular formula is C25H23FN6O+. The number of aliphatic imine (C=N–C) groups is 1. The van der Waals surface area contributed by atoms with E-state index in [0.717, 1.165) is 37.7 Å². The van der Waals surface area contributed by atoms with Crippen LogP contribution in [0.1, 0.15) is 21.5 Å². The van der Waals surface area contributed by atoms with Crippen molar-refractivity contribution in [1.82, 2.24) is 14.7 Å². The average molecular weight is 442 g/mol. The molecule has 0 unspecified atom stereocenters. The molecular weight excluding hydrogens is 419 g/mol. The van der Waals surface area contributed by atoms with Crippen LogP contribution in [0.25, 0.3) is 5.70 Å². The number of halogens is 1. The molecule has 165 valence electrons. The van der Waals surface area contributed by atoms with Crippen LogP contribution in [0.5, 0.6) is 0 Å². The molecule has 3 aliphatic heterocycles. The normalized spacial score (nSPS) is 18.6. The third-order valence-corrected chi connectivity index (χ3v) is 6.19. The molecule has 7 nitrogen and oxygen atoms in total. The molecule has 3 aliphatic rings. The molecule has 0 atom stereocenters. The van der Waals surface area contributed by atoms with E-state index in [1.807, 2.05) is 57.3 Å². The Bertz CT molecular complexity index is 1220. The summed E-state index contributed by atoms with van der Waals surface area (Å²) in [5.74, 6) is 0.329. The third-order valence-electron chi connectivity index (χ3n) is 6.19. The smallest absolute Gasteiger partial charge is 0.285 e. The molecule has 0 bridgehead atoms. The fourth-order valence-electron chi connectivity index (χ4n) is 4.19. The van der Waals surface area contributed by atoms with Gasteiger partial charge in [-0.3, -0.25) is 9.69 Å². The molecule has 3 heterocycles. The standard InChI is InChI=1S/C25H23FN6O/c1-29-10-12-30(13-11-29)25(33)19-3-5-20(6-4-19)31-9-8-24-28-16-23(32(24)17-31)21-7-2-18(15-27)14-22(21)26/h2-9,14,16H,10-13,17H2,1H3/q+1. The minimum absolute atomic E-state index is 0.0549. The van der Waals surface area contributed by atoms with E-state index in [1.165, 1.54) is 6.07 Å². The number of carbonyl (C=O) groups is 1. The highest BCUT2D eigenvalue weighted by Gasteiger charge is 2.39. The summed E-state index contributed by atoms with van der Waals surface area (Å²) in [4.78, 5) is 25.3. The van der Waals surface area contributed by atoms with Crippen molar-refractivity contribution in [3.05, 3.63) is 83.4 Å². The number of rotatable bonds is 3. The van der Waals surface area contributed by atoms with Gasteiger partial charge in [0.05, 0.1) is 17.2 Å². The lowest BCUT2D eigenvalue weighted by molar-refractivity contribution is 0.0664. The molecule has 1 fully saturated rings. The van der Waals surface area contributed by atoms with Crippen LogP contribution in [0.4, 0.5) is 10.1 Å². The Morgan fingerprint density at radius 2 is 1.88 bits per heavy atom. The SMILES string of the molecule is CN1CCN(C(=O)c2ccc(N3C=CC4=NC=C(c5ccc(C#N)cc5F)[N+]4C3)cc2)CC1. The third kappa shape index (κ3) is 4.04. The summed E-state index contributed by atoms with van der Waals surface area (Å²) in [6.07, 6.45) is 5.45. The van der Waals surface area contributed by atoms with Gasteiger partial charge in [0.15, 0.2) is 0 Å². The van der Waals surface area contributed by atoms with E-state index < -0.39 is 5.82 Å². The lowest BCUT2D eigenvalue weighted by atomic mass is 10.1. The Morgan fingerprint density at radius 3 is 2.58 bits per heavy atom. The van der Waals surface area contributed by atoms with Gasteiger partial charge in [-0.2, -0.15) is 10.3 Å². The first-order valence-corrected chi connectivity index (χ1v) is 10.8. The molecule has 33 heavy (non-hydrogen) atoms. The van der Waals surface area contributed by atoms with E-state index in [-0.39, 0.29) is 11.5 Å². The Labute approximate surface area is 191 Å². The van der Waals surface area contributed by atoms with Crippen LogP contribution in [0.15, 0.2) is 65.9 Å². The molecule has 0 N–H and O–H groups in total. The minimum Gasteiger partial charge on any atom is -0.336 e. The molecule has 0 saturated carbocycles. The summed E-state index contributed by atoms with van der Waals surface area (Å²) in [6, 6.07) is 14.0. The summed E-state index contributed by atoms with van der Waals surface area (Å²) in [6.45, 7) is 3.70. The van der Waals surface area contributed by atoms with E-state index in [0.29, 0.717) is 23.5 Å². The molecule has 2 aromatic rings. The van der Waals surface area contributed by atoms with Crippen molar-refractivity contribution < 1.29 is 9.18 Å². The van der Waals surface area contributed by atoms with Crippen LogP contribution >= 0.6 is 0 Å². The number of carbonyl (C=O) groups excluding carboxylic acids is 1. The number of fused-ring (bicyclic) bond motifs is 1. The molecule has 1 saturated heterocycles. The van der Waals surface area contributed by atoms with Gasteiger partial charge in [0.2, 0.25) is 12.4 Å². The first-order chi connectivity index (χ1) is 16.0. The van der Waals surface area contributed by atoms with Crippen LogP contribution in [-0.2, 0) is 0 Å². The largest absolute Gasteiger partial charge is 0.336 e. The fraction of sp³-hybridized carbons (Fsp3) is 0.240. The Kier molecular flexibility index (Phi) is 5.50. The topological polar surface area (TPSA) is 68.8 Å². The van der Waals surface area contributed by atoms with Crippen LogP contribution in [-0.4, -0.2) is 61.4 Å². The van der Waals surface area contributed by atoms with E-state index in [9.17, 15) is 9.18 Å². The second-order valence-electron chi connectivity index (χ2n) is 8.31. The van der Waals surface area contributed by atoms with Gasteiger partial charge in [0.1, 0.15) is 12.0 Å². The Morgan fingerprint density at radius 1 is 1.12 bits per heavy atom. The zero-order chi connectivity index (χ0) is 22.9. The number of nitrogens with zero attached hydrogens (tertiary/aromatic N) is 6. The second kappa shape index (κ2) is 8.62. The lowest BCUT2D eigenvalue weighted by Crippen LogP contribution is -2.47. The quantitative estimate of drug-likeness (QED) is 0.686. The summed E-state index contributed by atoms with van der Waals surface area (Å²) >= 11 is 0.